The highest BCUT2D eigenvalue weighted by atomic mass is 16.5. The van der Waals surface area contributed by atoms with Crippen molar-refractivity contribution < 1.29 is 24.5 Å². The first kappa shape index (κ1) is 54.3. The minimum Gasteiger partial charge on any atom is -0.462 e. The van der Waals surface area contributed by atoms with Crippen LogP contribution in [-0.2, 0) is 14.3 Å². The Morgan fingerprint density at radius 2 is 1.04 bits per heavy atom. The van der Waals surface area contributed by atoms with E-state index in [-0.39, 0.29) is 24.9 Å². The van der Waals surface area contributed by atoms with Crippen LogP contribution in [0.25, 0.3) is 0 Å². The van der Waals surface area contributed by atoms with Crippen molar-refractivity contribution in [2.45, 2.75) is 232 Å². The normalized spacial score (nSPS) is 14.0. The lowest BCUT2D eigenvalue weighted by molar-refractivity contribution is -0.151. The van der Waals surface area contributed by atoms with Gasteiger partial charge in [-0.3, -0.25) is 9.59 Å². The number of carbonyl (C=O) groups is 2. The maximum atomic E-state index is 13.1. The topological polar surface area (TPSA) is 95.9 Å². The molecule has 0 saturated heterocycles. The SMILES string of the molecule is CC/C=C/C=C/C=C\C=C/CCCC(CC(=O)NC(CO)C(O)CCCCCCCCCCCC)OC(=O)CCCCCCCCC/C=C\C/C=C\CCCCC. The minimum atomic E-state index is -0.807. The summed E-state index contributed by atoms with van der Waals surface area (Å²) in [6, 6.07) is -0.725. The standard InChI is InChI=1S/C51H89NO5/c1-4-7-10-13-16-19-22-23-24-25-26-27-29-32-35-38-41-44-51(56)57-47(42-39-36-33-30-28-20-17-14-11-8-5-2)45-50(55)52-48(46-53)49(54)43-40-37-34-31-21-18-15-12-9-6-3/h8,11,14,16-17,19-20,23-24,28,30,33,47-49,53-54H,4-7,9-10,12-13,15,18,21-22,25-27,29,31-32,34-46H2,1-3H3,(H,52,55)/b11-8+,17-14+,19-16-,24-23-,28-20-,33-30-. The highest BCUT2D eigenvalue weighted by Crippen LogP contribution is 2.16. The first-order chi connectivity index (χ1) is 28.0. The molecule has 0 aliphatic rings. The van der Waals surface area contributed by atoms with Crippen molar-refractivity contribution in [3.05, 3.63) is 72.9 Å². The molecular formula is C51H89NO5. The zero-order valence-corrected chi connectivity index (χ0v) is 37.2. The molecule has 0 saturated carbocycles. The van der Waals surface area contributed by atoms with Crippen LogP contribution >= 0.6 is 0 Å². The zero-order chi connectivity index (χ0) is 41.7. The van der Waals surface area contributed by atoms with Crippen LogP contribution in [0, 0.1) is 0 Å². The average Bonchev–Trinajstić information content (AvgIpc) is 3.20. The number of hydrogen-bond donors (Lipinski definition) is 3. The Morgan fingerprint density at radius 3 is 1.63 bits per heavy atom. The second-order valence-electron chi connectivity index (χ2n) is 15.9. The van der Waals surface area contributed by atoms with Crippen molar-refractivity contribution in [2.24, 2.45) is 0 Å². The van der Waals surface area contributed by atoms with E-state index in [9.17, 15) is 19.8 Å². The number of aliphatic hydroxyl groups is 2. The smallest absolute Gasteiger partial charge is 0.306 e. The predicted octanol–water partition coefficient (Wildman–Crippen LogP) is 13.8. The molecule has 3 unspecified atom stereocenters. The van der Waals surface area contributed by atoms with Gasteiger partial charge in [-0.25, -0.2) is 0 Å². The van der Waals surface area contributed by atoms with Gasteiger partial charge in [0.2, 0.25) is 5.91 Å². The highest BCUT2D eigenvalue weighted by Gasteiger charge is 2.24. The number of carbonyl (C=O) groups excluding carboxylic acids is 2. The number of amides is 1. The Bertz CT molecular complexity index is 1070. The van der Waals surface area contributed by atoms with Crippen LogP contribution in [0.3, 0.4) is 0 Å². The summed E-state index contributed by atoms with van der Waals surface area (Å²) in [4.78, 5) is 26.0. The molecule has 0 rings (SSSR count). The van der Waals surface area contributed by atoms with E-state index in [4.69, 9.17) is 4.74 Å². The van der Waals surface area contributed by atoms with Gasteiger partial charge in [0.05, 0.1) is 25.2 Å². The van der Waals surface area contributed by atoms with Crippen molar-refractivity contribution in [2.75, 3.05) is 6.61 Å². The van der Waals surface area contributed by atoms with E-state index in [0.29, 0.717) is 19.3 Å². The second-order valence-corrected chi connectivity index (χ2v) is 15.9. The molecular weight excluding hydrogens is 707 g/mol. The quantitative estimate of drug-likeness (QED) is 0.0248. The molecule has 0 aromatic rings. The van der Waals surface area contributed by atoms with Crippen molar-refractivity contribution >= 4 is 11.9 Å². The van der Waals surface area contributed by atoms with E-state index < -0.39 is 18.2 Å². The molecule has 1 amide bonds. The number of nitrogens with one attached hydrogen (secondary N) is 1. The third-order valence-corrected chi connectivity index (χ3v) is 10.4. The molecule has 0 bridgehead atoms. The third kappa shape index (κ3) is 39.9. The number of aliphatic hydroxyl groups excluding tert-OH is 2. The van der Waals surface area contributed by atoms with Crippen LogP contribution in [0.2, 0.25) is 0 Å². The van der Waals surface area contributed by atoms with E-state index in [2.05, 4.69) is 62.5 Å². The molecule has 6 nitrogen and oxygen atoms in total. The van der Waals surface area contributed by atoms with E-state index in [0.717, 1.165) is 70.6 Å². The van der Waals surface area contributed by atoms with Gasteiger partial charge in [-0.05, 0) is 70.6 Å². The van der Waals surface area contributed by atoms with Crippen molar-refractivity contribution in [3.63, 3.8) is 0 Å². The lowest BCUT2D eigenvalue weighted by atomic mass is 10.0. The predicted molar refractivity (Wildman–Crippen MR) is 245 cm³/mol. The Balaban J connectivity index is 4.63. The van der Waals surface area contributed by atoms with Crippen molar-refractivity contribution in [1.82, 2.24) is 5.32 Å². The molecule has 0 aliphatic carbocycles. The third-order valence-electron chi connectivity index (χ3n) is 10.4. The summed E-state index contributed by atoms with van der Waals surface area (Å²) in [5.41, 5.74) is 0. The number of allylic oxidation sites excluding steroid dienone is 12. The molecule has 0 aliphatic heterocycles. The number of hydrogen-bond acceptors (Lipinski definition) is 5. The molecule has 3 atom stereocenters. The fourth-order valence-corrected chi connectivity index (χ4v) is 6.77. The first-order valence-electron chi connectivity index (χ1n) is 23.7. The molecule has 57 heavy (non-hydrogen) atoms. The van der Waals surface area contributed by atoms with E-state index in [1.807, 2.05) is 36.5 Å². The molecule has 328 valence electrons. The number of unbranched alkanes of at least 4 members (excludes halogenated alkanes) is 20. The lowest BCUT2D eigenvalue weighted by Crippen LogP contribution is -2.46. The summed E-state index contributed by atoms with van der Waals surface area (Å²) < 4.78 is 5.87. The van der Waals surface area contributed by atoms with E-state index >= 15 is 0 Å². The van der Waals surface area contributed by atoms with E-state index in [1.54, 1.807) is 0 Å². The summed E-state index contributed by atoms with van der Waals surface area (Å²) >= 11 is 0. The Labute approximate surface area is 351 Å². The van der Waals surface area contributed by atoms with Crippen molar-refractivity contribution in [3.8, 4) is 0 Å². The Kier molecular flexibility index (Phi) is 42.3. The molecule has 0 spiro atoms. The van der Waals surface area contributed by atoms with Gasteiger partial charge in [-0.2, -0.15) is 0 Å². The van der Waals surface area contributed by atoms with Gasteiger partial charge in [0.15, 0.2) is 0 Å². The molecule has 0 aromatic heterocycles. The van der Waals surface area contributed by atoms with Crippen LogP contribution in [0.1, 0.15) is 213 Å². The van der Waals surface area contributed by atoms with Crippen LogP contribution in [0.5, 0.6) is 0 Å². The first-order valence-corrected chi connectivity index (χ1v) is 23.7. The van der Waals surface area contributed by atoms with Crippen LogP contribution < -0.4 is 5.32 Å². The minimum absolute atomic E-state index is 0.0256. The Morgan fingerprint density at radius 1 is 0.544 bits per heavy atom. The molecule has 0 aromatic carbocycles. The molecule has 3 N–H and O–H groups in total. The fourth-order valence-electron chi connectivity index (χ4n) is 6.77. The van der Waals surface area contributed by atoms with Crippen LogP contribution in [-0.4, -0.2) is 46.9 Å². The van der Waals surface area contributed by atoms with E-state index in [1.165, 1.54) is 96.3 Å². The van der Waals surface area contributed by atoms with Gasteiger partial charge in [-0.1, -0.05) is 203 Å². The van der Waals surface area contributed by atoms with Gasteiger partial charge >= 0.3 is 5.97 Å². The maximum absolute atomic E-state index is 13.1. The number of esters is 1. The number of ether oxygens (including phenoxy) is 1. The summed E-state index contributed by atoms with van der Waals surface area (Å²) in [6.45, 7) is 6.26. The monoisotopic (exact) mass is 796 g/mol. The lowest BCUT2D eigenvalue weighted by Gasteiger charge is -2.24. The fraction of sp³-hybridized carbons (Fsp3) is 0.725. The van der Waals surface area contributed by atoms with Gasteiger partial charge < -0.3 is 20.3 Å². The highest BCUT2D eigenvalue weighted by molar-refractivity contribution is 5.77. The maximum Gasteiger partial charge on any atom is 0.306 e. The van der Waals surface area contributed by atoms with Gasteiger partial charge in [-0.15, -0.1) is 0 Å². The largest absolute Gasteiger partial charge is 0.462 e. The average molecular weight is 796 g/mol. The molecule has 0 fully saturated rings. The van der Waals surface area contributed by atoms with Gasteiger partial charge in [0, 0.05) is 6.42 Å². The summed E-state index contributed by atoms with van der Waals surface area (Å²) in [7, 11) is 0. The van der Waals surface area contributed by atoms with Crippen LogP contribution in [0.15, 0.2) is 72.9 Å². The summed E-state index contributed by atoms with van der Waals surface area (Å²) in [6.07, 6.45) is 55.4. The van der Waals surface area contributed by atoms with Crippen LogP contribution in [0.4, 0.5) is 0 Å². The zero-order valence-electron chi connectivity index (χ0n) is 37.2. The summed E-state index contributed by atoms with van der Waals surface area (Å²) in [5.74, 6) is -0.557. The Hall–Kier alpha value is -2.70. The van der Waals surface area contributed by atoms with Gasteiger partial charge in [0.25, 0.3) is 0 Å². The van der Waals surface area contributed by atoms with Gasteiger partial charge in [0.1, 0.15) is 6.10 Å². The number of rotatable bonds is 41. The summed E-state index contributed by atoms with van der Waals surface area (Å²) in [5, 5.41) is 23.6. The van der Waals surface area contributed by atoms with Crippen molar-refractivity contribution in [1.29, 1.82) is 0 Å². The molecule has 0 radical (unpaired) electrons. The second kappa shape index (κ2) is 44.4. The molecule has 6 heteroatoms. The molecule has 0 heterocycles.